The first kappa shape index (κ1) is 13.5. The van der Waals surface area contributed by atoms with Crippen LogP contribution in [0, 0.1) is 0 Å². The third-order valence-electron chi connectivity index (χ3n) is 4.41. The lowest BCUT2D eigenvalue weighted by atomic mass is 10.00. The standard InChI is InChI=1S/C16H23NOS/c1-11-14(9-10-18-11)19-15-8-4-6-12-5-2-3-7-13(12)16(15)17/h2-3,5,7,11,14-16H,4,6,8-10,17H2,1H3. The van der Waals surface area contributed by atoms with Crippen LogP contribution in [0.15, 0.2) is 24.3 Å². The fourth-order valence-corrected chi connectivity index (χ4v) is 4.83. The number of ether oxygens (including phenoxy) is 1. The molecule has 3 heteroatoms. The van der Waals surface area contributed by atoms with Crippen LogP contribution in [0.5, 0.6) is 0 Å². The topological polar surface area (TPSA) is 35.2 Å². The average molecular weight is 277 g/mol. The molecule has 1 aliphatic carbocycles. The number of hydrogen-bond acceptors (Lipinski definition) is 3. The molecular weight excluding hydrogens is 254 g/mol. The quantitative estimate of drug-likeness (QED) is 0.842. The summed E-state index contributed by atoms with van der Waals surface area (Å²) >= 11 is 2.07. The van der Waals surface area contributed by atoms with Gasteiger partial charge in [-0.3, -0.25) is 0 Å². The molecular formula is C16H23NOS. The number of nitrogens with two attached hydrogens (primary N) is 1. The molecule has 0 radical (unpaired) electrons. The molecule has 19 heavy (non-hydrogen) atoms. The van der Waals surface area contributed by atoms with Crippen LogP contribution in [0.2, 0.25) is 0 Å². The van der Waals surface area contributed by atoms with E-state index >= 15 is 0 Å². The highest BCUT2D eigenvalue weighted by Crippen LogP contribution is 2.39. The van der Waals surface area contributed by atoms with E-state index in [1.54, 1.807) is 0 Å². The average Bonchev–Trinajstić information content (AvgIpc) is 2.75. The van der Waals surface area contributed by atoms with Crippen molar-refractivity contribution in [2.24, 2.45) is 5.73 Å². The van der Waals surface area contributed by atoms with E-state index in [4.69, 9.17) is 10.5 Å². The van der Waals surface area contributed by atoms with Crippen LogP contribution < -0.4 is 5.73 Å². The molecule has 2 N–H and O–H groups in total. The van der Waals surface area contributed by atoms with E-state index in [1.807, 2.05) is 0 Å². The summed E-state index contributed by atoms with van der Waals surface area (Å²) in [5.41, 5.74) is 9.37. The molecule has 104 valence electrons. The second kappa shape index (κ2) is 5.86. The van der Waals surface area contributed by atoms with Gasteiger partial charge in [-0.05, 0) is 43.7 Å². The Labute approximate surface area is 120 Å². The van der Waals surface area contributed by atoms with Gasteiger partial charge in [0.2, 0.25) is 0 Å². The predicted molar refractivity (Wildman–Crippen MR) is 81.5 cm³/mol. The minimum Gasteiger partial charge on any atom is -0.377 e. The maximum Gasteiger partial charge on any atom is 0.0666 e. The second-order valence-electron chi connectivity index (χ2n) is 5.69. The van der Waals surface area contributed by atoms with E-state index in [9.17, 15) is 0 Å². The first-order valence-corrected chi connectivity index (χ1v) is 8.30. The molecule has 1 aromatic carbocycles. The van der Waals surface area contributed by atoms with Gasteiger partial charge in [-0.2, -0.15) is 11.8 Å². The number of aryl methyl sites for hydroxylation is 1. The molecule has 1 aromatic rings. The first-order valence-electron chi connectivity index (χ1n) is 7.36. The van der Waals surface area contributed by atoms with Gasteiger partial charge in [0.05, 0.1) is 6.10 Å². The maximum absolute atomic E-state index is 6.55. The molecule has 0 amide bonds. The Morgan fingerprint density at radius 2 is 2.05 bits per heavy atom. The summed E-state index contributed by atoms with van der Waals surface area (Å²) in [7, 11) is 0. The van der Waals surface area contributed by atoms with E-state index in [2.05, 4.69) is 43.0 Å². The largest absolute Gasteiger partial charge is 0.377 e. The van der Waals surface area contributed by atoms with Crippen molar-refractivity contribution in [3.05, 3.63) is 35.4 Å². The van der Waals surface area contributed by atoms with Crippen molar-refractivity contribution in [2.45, 2.75) is 55.3 Å². The number of thioether (sulfide) groups is 1. The van der Waals surface area contributed by atoms with Crippen LogP contribution in [0.25, 0.3) is 0 Å². The van der Waals surface area contributed by atoms with Crippen LogP contribution in [-0.2, 0) is 11.2 Å². The van der Waals surface area contributed by atoms with E-state index in [-0.39, 0.29) is 6.04 Å². The zero-order chi connectivity index (χ0) is 13.2. The van der Waals surface area contributed by atoms with Gasteiger partial charge in [0.15, 0.2) is 0 Å². The predicted octanol–water partition coefficient (Wildman–Crippen LogP) is 3.30. The third-order valence-corrected chi connectivity index (χ3v) is 6.25. The summed E-state index contributed by atoms with van der Waals surface area (Å²) in [5.74, 6) is 0. The minimum atomic E-state index is 0.177. The van der Waals surface area contributed by atoms with Crippen molar-refractivity contribution in [3.63, 3.8) is 0 Å². The van der Waals surface area contributed by atoms with E-state index < -0.39 is 0 Å². The highest BCUT2D eigenvalue weighted by atomic mass is 32.2. The summed E-state index contributed by atoms with van der Waals surface area (Å²) < 4.78 is 5.68. The molecule has 1 heterocycles. The molecule has 0 aromatic heterocycles. The second-order valence-corrected chi connectivity index (χ2v) is 7.18. The SMILES string of the molecule is CC1OCCC1SC1CCCc2ccccc2C1N. The summed E-state index contributed by atoms with van der Waals surface area (Å²) in [6.07, 6.45) is 5.22. The lowest BCUT2D eigenvalue weighted by molar-refractivity contribution is 0.127. The molecule has 0 saturated carbocycles. The lowest BCUT2D eigenvalue weighted by Gasteiger charge is -2.26. The summed E-state index contributed by atoms with van der Waals surface area (Å²) in [5, 5.41) is 1.17. The summed E-state index contributed by atoms with van der Waals surface area (Å²) in [6.45, 7) is 3.11. The van der Waals surface area contributed by atoms with Gasteiger partial charge in [-0.1, -0.05) is 24.3 Å². The third kappa shape index (κ3) is 2.83. The molecule has 2 aliphatic rings. The molecule has 2 nitrogen and oxygen atoms in total. The summed E-state index contributed by atoms with van der Waals surface area (Å²) in [6, 6.07) is 8.88. The Hall–Kier alpha value is -0.510. The van der Waals surface area contributed by atoms with Crippen molar-refractivity contribution >= 4 is 11.8 Å². The van der Waals surface area contributed by atoms with Crippen LogP contribution in [0.4, 0.5) is 0 Å². The number of rotatable bonds is 2. The van der Waals surface area contributed by atoms with Gasteiger partial charge in [-0.25, -0.2) is 0 Å². The molecule has 1 saturated heterocycles. The van der Waals surface area contributed by atoms with Gasteiger partial charge < -0.3 is 10.5 Å². The maximum atomic E-state index is 6.55. The highest BCUT2D eigenvalue weighted by Gasteiger charge is 2.32. The van der Waals surface area contributed by atoms with E-state index in [1.165, 1.54) is 36.8 Å². The highest BCUT2D eigenvalue weighted by molar-refractivity contribution is 8.00. The zero-order valence-corrected chi connectivity index (χ0v) is 12.4. The van der Waals surface area contributed by atoms with Crippen molar-refractivity contribution in [1.29, 1.82) is 0 Å². The van der Waals surface area contributed by atoms with Gasteiger partial charge >= 0.3 is 0 Å². The van der Waals surface area contributed by atoms with E-state index in [0.717, 1.165) is 6.61 Å². The van der Waals surface area contributed by atoms with Crippen LogP contribution >= 0.6 is 11.8 Å². The van der Waals surface area contributed by atoms with E-state index in [0.29, 0.717) is 16.6 Å². The molecule has 4 atom stereocenters. The Morgan fingerprint density at radius 1 is 1.21 bits per heavy atom. The first-order chi connectivity index (χ1) is 9.25. The van der Waals surface area contributed by atoms with Gasteiger partial charge in [0.25, 0.3) is 0 Å². The Bertz CT molecular complexity index is 437. The Kier molecular flexibility index (Phi) is 4.15. The number of fused-ring (bicyclic) bond motifs is 1. The molecule has 1 fully saturated rings. The van der Waals surface area contributed by atoms with Crippen molar-refractivity contribution in [1.82, 2.24) is 0 Å². The lowest BCUT2D eigenvalue weighted by Crippen LogP contribution is -2.27. The number of hydrogen-bond donors (Lipinski definition) is 1. The minimum absolute atomic E-state index is 0.177. The fourth-order valence-electron chi connectivity index (χ4n) is 3.23. The van der Waals surface area contributed by atoms with Gasteiger partial charge in [0, 0.05) is 23.1 Å². The smallest absolute Gasteiger partial charge is 0.0666 e. The van der Waals surface area contributed by atoms with Gasteiger partial charge in [-0.15, -0.1) is 0 Å². The van der Waals surface area contributed by atoms with Crippen LogP contribution in [-0.4, -0.2) is 23.2 Å². The van der Waals surface area contributed by atoms with Crippen LogP contribution in [0.1, 0.15) is 43.4 Å². The molecule has 3 rings (SSSR count). The molecule has 0 bridgehead atoms. The van der Waals surface area contributed by atoms with Crippen molar-refractivity contribution < 1.29 is 4.74 Å². The van der Waals surface area contributed by atoms with Crippen molar-refractivity contribution in [2.75, 3.05) is 6.61 Å². The Balaban J connectivity index is 1.76. The molecule has 4 unspecified atom stereocenters. The Morgan fingerprint density at radius 3 is 2.84 bits per heavy atom. The van der Waals surface area contributed by atoms with Crippen molar-refractivity contribution in [3.8, 4) is 0 Å². The molecule has 0 spiro atoms. The number of benzene rings is 1. The monoisotopic (exact) mass is 277 g/mol. The van der Waals surface area contributed by atoms with Gasteiger partial charge in [0.1, 0.15) is 0 Å². The summed E-state index contributed by atoms with van der Waals surface area (Å²) in [4.78, 5) is 0. The fraction of sp³-hybridized carbons (Fsp3) is 0.625. The zero-order valence-electron chi connectivity index (χ0n) is 11.5. The normalized spacial score (nSPS) is 34.8. The molecule has 1 aliphatic heterocycles. The van der Waals surface area contributed by atoms with Crippen LogP contribution in [0.3, 0.4) is 0 Å².